The van der Waals surface area contributed by atoms with Crippen LogP contribution in [-0.4, -0.2) is 20.7 Å². The van der Waals surface area contributed by atoms with E-state index >= 15 is 0 Å². The summed E-state index contributed by atoms with van der Waals surface area (Å²) in [5.41, 5.74) is 4.40. The molecule has 102 valence electrons. The molecule has 0 unspecified atom stereocenters. The molecule has 1 aromatic carbocycles. The van der Waals surface area contributed by atoms with Crippen molar-refractivity contribution in [1.29, 1.82) is 0 Å². The van der Waals surface area contributed by atoms with Gasteiger partial charge in [0, 0.05) is 35.0 Å². The zero-order valence-corrected chi connectivity index (χ0v) is 11.7. The van der Waals surface area contributed by atoms with E-state index in [2.05, 4.69) is 34.0 Å². The van der Waals surface area contributed by atoms with E-state index in [-0.39, 0.29) is 5.78 Å². The van der Waals surface area contributed by atoms with E-state index in [4.69, 9.17) is 0 Å². The Morgan fingerprint density at radius 1 is 1.25 bits per heavy atom. The molecule has 0 aliphatic heterocycles. The molecule has 3 aromatic rings. The molecule has 0 saturated heterocycles. The number of benzene rings is 1. The fourth-order valence-corrected chi connectivity index (χ4v) is 2.53. The minimum Gasteiger partial charge on any atom is -0.358 e. The molecule has 2 heterocycles. The molecule has 0 spiro atoms. The van der Waals surface area contributed by atoms with Crippen molar-refractivity contribution in [2.45, 2.75) is 26.7 Å². The second-order valence-electron chi connectivity index (χ2n) is 5.12. The highest BCUT2D eigenvalue weighted by molar-refractivity contribution is 5.96. The number of H-pyrrole nitrogens is 2. The third-order valence-electron chi connectivity index (χ3n) is 3.51. The number of hydrogen-bond acceptors (Lipinski definition) is 2. The van der Waals surface area contributed by atoms with Crippen molar-refractivity contribution in [3.63, 3.8) is 0 Å². The van der Waals surface area contributed by atoms with Crippen LogP contribution in [0.5, 0.6) is 0 Å². The summed E-state index contributed by atoms with van der Waals surface area (Å²) in [5.74, 6) is 1.05. The summed E-state index contributed by atoms with van der Waals surface area (Å²) < 4.78 is 0. The van der Waals surface area contributed by atoms with Crippen LogP contribution in [0, 0.1) is 6.92 Å². The van der Waals surface area contributed by atoms with Crippen LogP contribution in [0.4, 0.5) is 0 Å². The number of carbonyl (C=O) groups excluding carboxylic acids is 1. The number of fused-ring (bicyclic) bond motifs is 1. The Labute approximate surface area is 117 Å². The minimum atomic E-state index is 0.186. The zero-order valence-electron chi connectivity index (χ0n) is 11.7. The fraction of sp³-hybridized carbons (Fsp3) is 0.250. The van der Waals surface area contributed by atoms with Crippen molar-refractivity contribution in [3.05, 3.63) is 42.0 Å². The highest BCUT2D eigenvalue weighted by Gasteiger charge is 2.12. The number of nitrogens with zero attached hydrogens (tertiary/aromatic N) is 1. The predicted octanol–water partition coefficient (Wildman–Crippen LogP) is 3.39. The van der Waals surface area contributed by atoms with Crippen LogP contribution >= 0.6 is 0 Å². The van der Waals surface area contributed by atoms with E-state index in [0.717, 1.165) is 28.3 Å². The summed E-state index contributed by atoms with van der Waals surface area (Å²) in [6.07, 6.45) is 3.04. The summed E-state index contributed by atoms with van der Waals surface area (Å²) in [4.78, 5) is 22.1. The van der Waals surface area contributed by atoms with E-state index in [9.17, 15) is 4.79 Å². The molecule has 0 aliphatic carbocycles. The lowest BCUT2D eigenvalue weighted by atomic mass is 10.1. The topological polar surface area (TPSA) is 61.5 Å². The molecular formula is C16H17N3O. The molecule has 0 fully saturated rings. The number of imidazole rings is 1. The molecule has 0 amide bonds. The van der Waals surface area contributed by atoms with Crippen LogP contribution in [0.3, 0.4) is 0 Å². The van der Waals surface area contributed by atoms with E-state index in [1.807, 2.05) is 18.3 Å². The quantitative estimate of drug-likeness (QED) is 0.761. The maximum atomic E-state index is 11.0. The van der Waals surface area contributed by atoms with Crippen LogP contribution < -0.4 is 0 Å². The standard InChI is InChI=1S/C16H17N3O/c1-10(20)7-8-15-17-9-14(19-15)16-11(2)18-13-6-4-3-5-12(13)16/h3-6,9,18H,7-8H2,1-2H3,(H,17,19). The number of rotatable bonds is 4. The molecule has 4 nitrogen and oxygen atoms in total. The van der Waals surface area contributed by atoms with E-state index in [0.29, 0.717) is 12.8 Å². The third kappa shape index (κ3) is 2.25. The van der Waals surface area contributed by atoms with Crippen LogP contribution in [0.25, 0.3) is 22.2 Å². The molecule has 0 radical (unpaired) electrons. The molecule has 3 rings (SSSR count). The molecule has 0 bridgehead atoms. The first-order chi connectivity index (χ1) is 9.65. The second-order valence-corrected chi connectivity index (χ2v) is 5.12. The van der Waals surface area contributed by atoms with E-state index < -0.39 is 0 Å². The van der Waals surface area contributed by atoms with Gasteiger partial charge in [-0.25, -0.2) is 4.98 Å². The molecule has 2 aromatic heterocycles. The van der Waals surface area contributed by atoms with Gasteiger partial charge in [0.25, 0.3) is 0 Å². The summed E-state index contributed by atoms with van der Waals surface area (Å²) in [5, 5.41) is 1.19. The van der Waals surface area contributed by atoms with Crippen LogP contribution in [-0.2, 0) is 11.2 Å². The lowest BCUT2D eigenvalue weighted by Gasteiger charge is -1.98. The average Bonchev–Trinajstić information content (AvgIpc) is 2.99. The number of aromatic amines is 2. The number of aromatic nitrogens is 3. The molecule has 2 N–H and O–H groups in total. The van der Waals surface area contributed by atoms with Gasteiger partial charge < -0.3 is 14.8 Å². The fourth-order valence-electron chi connectivity index (χ4n) is 2.53. The number of nitrogens with one attached hydrogen (secondary N) is 2. The van der Waals surface area contributed by atoms with Crippen molar-refractivity contribution in [1.82, 2.24) is 15.0 Å². The van der Waals surface area contributed by atoms with Crippen LogP contribution in [0.15, 0.2) is 30.5 Å². The predicted molar refractivity (Wildman–Crippen MR) is 79.6 cm³/mol. The molecule has 0 atom stereocenters. The number of para-hydroxylation sites is 1. The normalized spacial score (nSPS) is 11.1. The van der Waals surface area contributed by atoms with Gasteiger partial charge in [-0.3, -0.25) is 0 Å². The van der Waals surface area contributed by atoms with Crippen LogP contribution in [0.2, 0.25) is 0 Å². The Balaban J connectivity index is 1.99. The van der Waals surface area contributed by atoms with Crippen molar-refractivity contribution in [2.75, 3.05) is 0 Å². The van der Waals surface area contributed by atoms with Crippen molar-refractivity contribution >= 4 is 16.7 Å². The van der Waals surface area contributed by atoms with Gasteiger partial charge in [0.1, 0.15) is 11.6 Å². The van der Waals surface area contributed by atoms with Gasteiger partial charge in [0.15, 0.2) is 0 Å². The van der Waals surface area contributed by atoms with Gasteiger partial charge in [0.05, 0.1) is 11.9 Å². The zero-order chi connectivity index (χ0) is 14.1. The lowest BCUT2D eigenvalue weighted by molar-refractivity contribution is -0.117. The van der Waals surface area contributed by atoms with Crippen molar-refractivity contribution in [2.24, 2.45) is 0 Å². The number of aryl methyl sites for hydroxylation is 2. The molecular weight excluding hydrogens is 250 g/mol. The molecule has 0 aliphatic rings. The second kappa shape index (κ2) is 4.96. The monoisotopic (exact) mass is 267 g/mol. The van der Waals surface area contributed by atoms with Crippen molar-refractivity contribution < 1.29 is 4.79 Å². The number of ketones is 1. The number of carbonyl (C=O) groups is 1. The Kier molecular flexibility index (Phi) is 3.14. The third-order valence-corrected chi connectivity index (χ3v) is 3.51. The van der Waals surface area contributed by atoms with Crippen LogP contribution in [0.1, 0.15) is 24.9 Å². The SMILES string of the molecule is CC(=O)CCc1ncc(-c2c(C)[nH]c3ccccc23)[nH]1. The van der Waals surface area contributed by atoms with Gasteiger partial charge in [-0.2, -0.15) is 0 Å². The lowest BCUT2D eigenvalue weighted by Crippen LogP contribution is -1.95. The first-order valence-electron chi connectivity index (χ1n) is 6.76. The molecule has 4 heteroatoms. The maximum absolute atomic E-state index is 11.0. The van der Waals surface area contributed by atoms with Crippen molar-refractivity contribution in [3.8, 4) is 11.3 Å². The Morgan fingerprint density at radius 3 is 2.85 bits per heavy atom. The molecule has 20 heavy (non-hydrogen) atoms. The van der Waals surface area contributed by atoms with E-state index in [1.54, 1.807) is 6.92 Å². The largest absolute Gasteiger partial charge is 0.358 e. The average molecular weight is 267 g/mol. The Bertz CT molecular complexity index is 767. The van der Waals surface area contributed by atoms with Gasteiger partial charge in [-0.15, -0.1) is 0 Å². The number of Topliss-reactive ketones (excluding diaryl/α,β-unsaturated/α-hetero) is 1. The Hall–Kier alpha value is -2.36. The highest BCUT2D eigenvalue weighted by Crippen LogP contribution is 2.30. The summed E-state index contributed by atoms with van der Waals surface area (Å²) >= 11 is 0. The summed E-state index contributed by atoms with van der Waals surface area (Å²) in [7, 11) is 0. The van der Waals surface area contributed by atoms with Gasteiger partial charge in [-0.1, -0.05) is 18.2 Å². The highest BCUT2D eigenvalue weighted by atomic mass is 16.1. The van der Waals surface area contributed by atoms with Gasteiger partial charge >= 0.3 is 0 Å². The Morgan fingerprint density at radius 2 is 2.05 bits per heavy atom. The maximum Gasteiger partial charge on any atom is 0.130 e. The smallest absolute Gasteiger partial charge is 0.130 e. The first-order valence-corrected chi connectivity index (χ1v) is 6.76. The summed E-state index contributed by atoms with van der Waals surface area (Å²) in [6.45, 7) is 3.67. The molecule has 0 saturated carbocycles. The van der Waals surface area contributed by atoms with Gasteiger partial charge in [0.2, 0.25) is 0 Å². The van der Waals surface area contributed by atoms with Gasteiger partial charge in [-0.05, 0) is 19.9 Å². The summed E-state index contributed by atoms with van der Waals surface area (Å²) in [6, 6.07) is 8.22. The number of hydrogen-bond donors (Lipinski definition) is 2. The first kappa shape index (κ1) is 12.7. The minimum absolute atomic E-state index is 0.186. The van der Waals surface area contributed by atoms with E-state index in [1.165, 1.54) is 5.39 Å².